The maximum Gasteiger partial charge on any atom is 0.313 e. The third-order valence-corrected chi connectivity index (χ3v) is 3.05. The molecule has 0 aromatic heterocycles. The molecule has 5 nitrogen and oxygen atoms in total. The van der Waals surface area contributed by atoms with Gasteiger partial charge in [0.15, 0.2) is 11.5 Å². The second kappa shape index (κ2) is 7.11. The molecular weight excluding hydrogens is 272 g/mol. The van der Waals surface area contributed by atoms with Crippen LogP contribution in [0.1, 0.15) is 32.3 Å². The monoisotopic (exact) mass is 292 g/mol. The van der Waals surface area contributed by atoms with E-state index in [9.17, 15) is 9.59 Å². The summed E-state index contributed by atoms with van der Waals surface area (Å²) in [5, 5.41) is 0. The summed E-state index contributed by atoms with van der Waals surface area (Å²) in [5.74, 6) is 1.15. The number of Topliss-reactive ketones (excluding diaryl/α,β-unsaturated/α-hetero) is 1. The number of fused-ring (bicyclic) bond motifs is 1. The molecule has 0 N–H and O–H groups in total. The highest BCUT2D eigenvalue weighted by Gasteiger charge is 2.15. The molecule has 114 valence electrons. The molecule has 1 aromatic carbocycles. The van der Waals surface area contributed by atoms with E-state index in [1.165, 1.54) is 0 Å². The topological polar surface area (TPSA) is 61.8 Å². The minimum atomic E-state index is -0.445. The second-order valence-electron chi connectivity index (χ2n) is 5.48. The number of ether oxygens (including phenoxy) is 3. The van der Waals surface area contributed by atoms with Crippen molar-refractivity contribution in [3.63, 3.8) is 0 Å². The van der Waals surface area contributed by atoms with Gasteiger partial charge < -0.3 is 14.2 Å². The van der Waals surface area contributed by atoms with Crippen LogP contribution in [0.2, 0.25) is 0 Å². The Balaban J connectivity index is 1.75. The van der Waals surface area contributed by atoms with Gasteiger partial charge in [-0.25, -0.2) is 0 Å². The lowest BCUT2D eigenvalue weighted by atomic mass is 10.1. The Kier molecular flexibility index (Phi) is 5.20. The van der Waals surface area contributed by atoms with E-state index in [1.807, 2.05) is 32.0 Å². The molecule has 0 saturated heterocycles. The number of hydrogen-bond acceptors (Lipinski definition) is 5. The molecule has 0 spiro atoms. The lowest BCUT2D eigenvalue weighted by molar-refractivity contribution is -0.147. The van der Waals surface area contributed by atoms with Crippen LogP contribution in [0.3, 0.4) is 0 Å². The fourth-order valence-electron chi connectivity index (χ4n) is 1.94. The summed E-state index contributed by atoms with van der Waals surface area (Å²) in [6, 6.07) is 5.60. The molecule has 0 radical (unpaired) electrons. The lowest BCUT2D eigenvalue weighted by Crippen LogP contribution is -2.14. The van der Waals surface area contributed by atoms with Gasteiger partial charge in [0.05, 0.1) is 6.61 Å². The van der Waals surface area contributed by atoms with Crippen LogP contribution < -0.4 is 9.47 Å². The fraction of sp³-hybridized carbons (Fsp3) is 0.500. The van der Waals surface area contributed by atoms with Crippen molar-refractivity contribution in [2.24, 2.45) is 5.92 Å². The lowest BCUT2D eigenvalue weighted by Gasteiger charge is -2.07. The zero-order chi connectivity index (χ0) is 15.2. The van der Waals surface area contributed by atoms with Crippen LogP contribution in [0.5, 0.6) is 11.5 Å². The van der Waals surface area contributed by atoms with Crippen molar-refractivity contribution < 1.29 is 23.8 Å². The molecular formula is C16H20O5. The van der Waals surface area contributed by atoms with Crippen molar-refractivity contribution in [3.05, 3.63) is 23.8 Å². The van der Waals surface area contributed by atoms with E-state index in [0.29, 0.717) is 25.2 Å². The van der Waals surface area contributed by atoms with Crippen LogP contribution in [0, 0.1) is 5.92 Å². The van der Waals surface area contributed by atoms with E-state index in [0.717, 1.165) is 11.3 Å². The number of hydrogen-bond donors (Lipinski definition) is 0. The second-order valence-corrected chi connectivity index (χ2v) is 5.48. The zero-order valence-corrected chi connectivity index (χ0v) is 12.4. The Labute approximate surface area is 124 Å². The van der Waals surface area contributed by atoms with Crippen LogP contribution in [-0.4, -0.2) is 25.2 Å². The molecule has 0 atom stereocenters. The first kappa shape index (κ1) is 15.4. The maximum atomic E-state index is 11.7. The zero-order valence-electron chi connectivity index (χ0n) is 12.4. The maximum absolute atomic E-state index is 11.7. The van der Waals surface area contributed by atoms with Gasteiger partial charge >= 0.3 is 5.97 Å². The number of aryl methyl sites for hydroxylation is 1. The number of carbonyl (C=O) groups excluding carboxylic acids is 2. The average Bonchev–Trinajstić information content (AvgIpc) is 2.90. The molecule has 5 heteroatoms. The summed E-state index contributed by atoms with van der Waals surface area (Å²) < 4.78 is 15.5. The number of benzene rings is 1. The van der Waals surface area contributed by atoms with Crippen molar-refractivity contribution >= 4 is 11.8 Å². The molecule has 21 heavy (non-hydrogen) atoms. The standard InChI is InChI=1S/C16H20O5/c1-11(2)9-19-16(18)8-13(17)5-3-12-4-6-14-15(7-12)21-10-20-14/h4,6-7,11H,3,5,8-10H2,1-2H3. The van der Waals surface area contributed by atoms with Gasteiger partial charge in [0.2, 0.25) is 6.79 Å². The molecule has 0 saturated carbocycles. The number of ketones is 1. The number of carbonyl (C=O) groups is 2. The Hall–Kier alpha value is -2.04. The van der Waals surface area contributed by atoms with Gasteiger partial charge in [-0.1, -0.05) is 19.9 Å². The summed E-state index contributed by atoms with van der Waals surface area (Å²) in [4.78, 5) is 23.2. The van der Waals surface area contributed by atoms with E-state index < -0.39 is 5.97 Å². The Morgan fingerprint density at radius 3 is 2.76 bits per heavy atom. The van der Waals surface area contributed by atoms with Gasteiger partial charge in [0, 0.05) is 6.42 Å². The van der Waals surface area contributed by atoms with Crippen molar-refractivity contribution in [1.29, 1.82) is 0 Å². The molecule has 1 aliphatic heterocycles. The minimum absolute atomic E-state index is 0.110. The van der Waals surface area contributed by atoms with Gasteiger partial charge in [0.25, 0.3) is 0 Å². The van der Waals surface area contributed by atoms with Crippen LogP contribution in [0.4, 0.5) is 0 Å². The van der Waals surface area contributed by atoms with Crippen LogP contribution in [-0.2, 0) is 20.7 Å². The Bertz CT molecular complexity index is 521. The predicted octanol–water partition coefficient (Wildman–Crippen LogP) is 2.51. The summed E-state index contributed by atoms with van der Waals surface area (Å²) in [5.41, 5.74) is 0.989. The van der Waals surface area contributed by atoms with E-state index in [4.69, 9.17) is 14.2 Å². The molecule has 0 aliphatic carbocycles. The van der Waals surface area contributed by atoms with Crippen LogP contribution in [0.15, 0.2) is 18.2 Å². The van der Waals surface area contributed by atoms with Crippen molar-refractivity contribution in [3.8, 4) is 11.5 Å². The predicted molar refractivity (Wildman–Crippen MR) is 76.3 cm³/mol. The van der Waals surface area contributed by atoms with Gasteiger partial charge in [-0.2, -0.15) is 0 Å². The van der Waals surface area contributed by atoms with Gasteiger partial charge in [0.1, 0.15) is 12.2 Å². The molecule has 0 bridgehead atoms. The summed E-state index contributed by atoms with van der Waals surface area (Å²) in [6.45, 7) is 4.50. The van der Waals surface area contributed by atoms with Crippen LogP contribution in [0.25, 0.3) is 0 Å². The highest BCUT2D eigenvalue weighted by Crippen LogP contribution is 2.32. The molecule has 1 heterocycles. The third kappa shape index (κ3) is 4.77. The summed E-state index contributed by atoms with van der Waals surface area (Å²) in [6.07, 6.45) is 0.737. The van der Waals surface area contributed by atoms with Gasteiger partial charge in [-0.15, -0.1) is 0 Å². The SMILES string of the molecule is CC(C)COC(=O)CC(=O)CCc1ccc2c(c1)OCO2. The molecule has 0 amide bonds. The van der Waals surface area contributed by atoms with Crippen molar-refractivity contribution in [2.75, 3.05) is 13.4 Å². The highest BCUT2D eigenvalue weighted by atomic mass is 16.7. The van der Waals surface area contributed by atoms with Crippen molar-refractivity contribution in [1.82, 2.24) is 0 Å². The fourth-order valence-corrected chi connectivity index (χ4v) is 1.94. The highest BCUT2D eigenvalue weighted by molar-refractivity contribution is 5.95. The number of esters is 1. The third-order valence-electron chi connectivity index (χ3n) is 3.05. The van der Waals surface area contributed by atoms with E-state index in [-0.39, 0.29) is 24.9 Å². The first-order chi connectivity index (χ1) is 10.0. The summed E-state index contributed by atoms with van der Waals surface area (Å²) in [7, 11) is 0. The van der Waals surface area contributed by atoms with E-state index in [1.54, 1.807) is 0 Å². The van der Waals surface area contributed by atoms with Gasteiger partial charge in [-0.3, -0.25) is 9.59 Å². The van der Waals surface area contributed by atoms with Crippen molar-refractivity contribution in [2.45, 2.75) is 33.1 Å². The molecule has 0 fully saturated rings. The van der Waals surface area contributed by atoms with Gasteiger partial charge in [-0.05, 0) is 30.0 Å². The molecule has 0 unspecified atom stereocenters. The largest absolute Gasteiger partial charge is 0.465 e. The number of rotatable bonds is 7. The Morgan fingerprint density at radius 2 is 2.00 bits per heavy atom. The van der Waals surface area contributed by atoms with Crippen LogP contribution >= 0.6 is 0 Å². The first-order valence-electron chi connectivity index (χ1n) is 7.10. The summed E-state index contributed by atoms with van der Waals surface area (Å²) >= 11 is 0. The van der Waals surface area contributed by atoms with E-state index in [2.05, 4.69) is 0 Å². The molecule has 1 aromatic rings. The minimum Gasteiger partial charge on any atom is -0.465 e. The smallest absolute Gasteiger partial charge is 0.313 e. The van der Waals surface area contributed by atoms with E-state index >= 15 is 0 Å². The first-order valence-corrected chi connectivity index (χ1v) is 7.10. The average molecular weight is 292 g/mol. The molecule has 2 rings (SSSR count). The Morgan fingerprint density at radius 1 is 1.24 bits per heavy atom. The quantitative estimate of drug-likeness (QED) is 0.571. The normalized spacial score (nSPS) is 12.5. The molecule has 1 aliphatic rings.